The first kappa shape index (κ1) is 15.2. The summed E-state index contributed by atoms with van der Waals surface area (Å²) in [6.07, 6.45) is 1.58. The zero-order chi connectivity index (χ0) is 15.4. The molecule has 0 atom stereocenters. The van der Waals surface area contributed by atoms with Crippen LogP contribution in [-0.4, -0.2) is 54.9 Å². The minimum Gasteiger partial charge on any atom is -0.340 e. The Bertz CT molecular complexity index is 641. The van der Waals surface area contributed by atoms with E-state index in [1.165, 1.54) is 0 Å². The number of benzene rings is 1. The molecule has 0 saturated heterocycles. The summed E-state index contributed by atoms with van der Waals surface area (Å²) in [4.78, 5) is 20.6. The molecule has 0 aliphatic heterocycles. The second-order valence-corrected chi connectivity index (χ2v) is 5.24. The van der Waals surface area contributed by atoms with E-state index in [0.29, 0.717) is 17.9 Å². The number of carbonyl (C=O) groups excluding carboxylic acids is 1. The third-order valence-electron chi connectivity index (χ3n) is 3.39. The van der Waals surface area contributed by atoms with Crippen molar-refractivity contribution in [3.63, 3.8) is 0 Å². The number of anilines is 1. The van der Waals surface area contributed by atoms with Crippen LogP contribution >= 0.6 is 0 Å². The molecule has 0 spiro atoms. The average molecular weight is 287 g/mol. The van der Waals surface area contributed by atoms with Gasteiger partial charge in [0.1, 0.15) is 5.82 Å². The fourth-order valence-corrected chi connectivity index (χ4v) is 2.14. The number of likely N-dealkylation sites (N-methyl/N-ethyl adjacent to an activating group) is 2. The Hall–Kier alpha value is -2.18. The second-order valence-electron chi connectivity index (χ2n) is 5.24. The Morgan fingerprint density at radius 2 is 1.86 bits per heavy atom. The molecule has 0 radical (unpaired) electrons. The number of nitrogens with one attached hydrogen (secondary N) is 1. The molecule has 2 rings (SSSR count). The van der Waals surface area contributed by atoms with Crippen LogP contribution in [0.5, 0.6) is 0 Å². The van der Waals surface area contributed by atoms with Gasteiger partial charge in [-0.25, -0.2) is 10.8 Å². The van der Waals surface area contributed by atoms with Gasteiger partial charge in [0, 0.05) is 31.7 Å². The molecular weight excluding hydrogens is 266 g/mol. The Kier molecular flexibility index (Phi) is 4.72. The van der Waals surface area contributed by atoms with Gasteiger partial charge in [-0.05, 0) is 19.5 Å². The summed E-state index contributed by atoms with van der Waals surface area (Å²) in [6.45, 7) is 1.48. The number of rotatable bonds is 5. The van der Waals surface area contributed by atoms with E-state index in [1.807, 2.05) is 43.3 Å². The van der Waals surface area contributed by atoms with Crippen molar-refractivity contribution in [2.24, 2.45) is 5.84 Å². The summed E-state index contributed by atoms with van der Waals surface area (Å²) in [5, 5.41) is 1.69. The van der Waals surface area contributed by atoms with Crippen molar-refractivity contribution in [1.29, 1.82) is 0 Å². The van der Waals surface area contributed by atoms with Crippen molar-refractivity contribution in [2.45, 2.75) is 0 Å². The molecular formula is C15H21N5O. The third kappa shape index (κ3) is 3.29. The molecule has 112 valence electrons. The summed E-state index contributed by atoms with van der Waals surface area (Å²) < 4.78 is 0. The van der Waals surface area contributed by atoms with Gasteiger partial charge >= 0.3 is 0 Å². The Morgan fingerprint density at radius 1 is 1.19 bits per heavy atom. The van der Waals surface area contributed by atoms with Crippen LogP contribution in [0.3, 0.4) is 0 Å². The number of nitrogens with two attached hydrogens (primary N) is 1. The number of aromatic nitrogens is 1. The molecule has 0 bridgehead atoms. The number of hydrazine groups is 1. The lowest BCUT2D eigenvalue weighted by atomic mass is 10.1. The van der Waals surface area contributed by atoms with Crippen LogP contribution in [0.2, 0.25) is 0 Å². The molecule has 0 saturated carbocycles. The van der Waals surface area contributed by atoms with Crippen LogP contribution < -0.4 is 11.3 Å². The van der Waals surface area contributed by atoms with Crippen LogP contribution in [0.1, 0.15) is 10.4 Å². The van der Waals surface area contributed by atoms with Crippen molar-refractivity contribution in [2.75, 3.05) is 39.7 Å². The highest BCUT2D eigenvalue weighted by Gasteiger charge is 2.16. The van der Waals surface area contributed by atoms with Crippen molar-refractivity contribution < 1.29 is 4.79 Å². The molecule has 1 aromatic carbocycles. The molecule has 1 amide bonds. The van der Waals surface area contributed by atoms with E-state index in [9.17, 15) is 4.79 Å². The van der Waals surface area contributed by atoms with Crippen molar-refractivity contribution in [3.8, 4) is 0 Å². The predicted molar refractivity (Wildman–Crippen MR) is 85.1 cm³/mol. The fourth-order valence-electron chi connectivity index (χ4n) is 2.14. The van der Waals surface area contributed by atoms with E-state index in [-0.39, 0.29) is 5.91 Å². The first-order valence-electron chi connectivity index (χ1n) is 6.79. The number of nitrogen functional groups attached to an aromatic ring is 1. The maximum absolute atomic E-state index is 12.6. The minimum atomic E-state index is -0.0379. The molecule has 0 unspecified atom stereocenters. The topological polar surface area (TPSA) is 74.5 Å². The van der Waals surface area contributed by atoms with E-state index >= 15 is 0 Å². The highest BCUT2D eigenvalue weighted by molar-refractivity contribution is 6.09. The Balaban J connectivity index is 2.36. The van der Waals surface area contributed by atoms with Crippen molar-refractivity contribution in [3.05, 3.63) is 36.0 Å². The van der Waals surface area contributed by atoms with Gasteiger partial charge < -0.3 is 15.2 Å². The van der Waals surface area contributed by atoms with Crippen LogP contribution in [0.15, 0.2) is 30.5 Å². The lowest BCUT2D eigenvalue weighted by Gasteiger charge is -2.20. The first-order valence-corrected chi connectivity index (χ1v) is 6.79. The Morgan fingerprint density at radius 3 is 2.48 bits per heavy atom. The summed E-state index contributed by atoms with van der Waals surface area (Å²) in [7, 11) is 5.77. The molecule has 2 aromatic rings. The normalized spacial score (nSPS) is 10.9. The summed E-state index contributed by atoms with van der Waals surface area (Å²) in [5.41, 5.74) is 3.15. The van der Waals surface area contributed by atoms with Gasteiger partial charge in [0.05, 0.1) is 5.56 Å². The van der Waals surface area contributed by atoms with E-state index in [4.69, 9.17) is 5.84 Å². The number of nitrogens with zero attached hydrogens (tertiary/aromatic N) is 3. The van der Waals surface area contributed by atoms with E-state index in [2.05, 4.69) is 10.4 Å². The molecule has 3 N–H and O–H groups in total. The third-order valence-corrected chi connectivity index (χ3v) is 3.39. The predicted octanol–water partition coefficient (Wildman–Crippen LogP) is 1.15. The quantitative estimate of drug-likeness (QED) is 0.637. The van der Waals surface area contributed by atoms with Gasteiger partial charge in [-0.3, -0.25) is 4.79 Å². The van der Waals surface area contributed by atoms with Gasteiger partial charge in [-0.1, -0.05) is 24.3 Å². The summed E-state index contributed by atoms with van der Waals surface area (Å²) in [5.74, 6) is 6.00. The first-order chi connectivity index (χ1) is 10.0. The van der Waals surface area contributed by atoms with Crippen LogP contribution in [0, 0.1) is 0 Å². The molecule has 1 heterocycles. The van der Waals surface area contributed by atoms with Crippen molar-refractivity contribution in [1.82, 2.24) is 14.8 Å². The maximum atomic E-state index is 12.6. The number of carbonyl (C=O) groups is 1. The summed E-state index contributed by atoms with van der Waals surface area (Å²) in [6, 6.07) is 7.60. The van der Waals surface area contributed by atoms with Gasteiger partial charge in [-0.15, -0.1) is 0 Å². The number of hydrogen-bond acceptors (Lipinski definition) is 5. The van der Waals surface area contributed by atoms with E-state index in [1.54, 1.807) is 18.1 Å². The number of amides is 1. The van der Waals surface area contributed by atoms with Crippen LogP contribution in [-0.2, 0) is 0 Å². The van der Waals surface area contributed by atoms with Gasteiger partial charge in [0.25, 0.3) is 5.91 Å². The van der Waals surface area contributed by atoms with Crippen molar-refractivity contribution >= 4 is 22.5 Å². The SMILES string of the molecule is CN(C)CCN(C)C(=O)c1cnc(NN)c2ccccc12. The maximum Gasteiger partial charge on any atom is 0.255 e. The number of hydrogen-bond donors (Lipinski definition) is 2. The fraction of sp³-hybridized carbons (Fsp3) is 0.333. The highest BCUT2D eigenvalue weighted by atomic mass is 16.2. The van der Waals surface area contributed by atoms with E-state index in [0.717, 1.165) is 17.3 Å². The number of pyridine rings is 1. The van der Waals surface area contributed by atoms with E-state index < -0.39 is 0 Å². The second kappa shape index (κ2) is 6.51. The molecule has 6 heteroatoms. The van der Waals surface area contributed by atoms with Gasteiger partial charge in [0.2, 0.25) is 0 Å². The standard InChI is InChI=1S/C15H21N5O/c1-19(2)8-9-20(3)15(21)13-10-17-14(18-16)12-7-5-4-6-11(12)13/h4-7,10H,8-9,16H2,1-3H3,(H,17,18). The van der Waals surface area contributed by atoms with Gasteiger partial charge in [-0.2, -0.15) is 0 Å². The lowest BCUT2D eigenvalue weighted by molar-refractivity contribution is 0.0788. The highest BCUT2D eigenvalue weighted by Crippen LogP contribution is 2.24. The molecule has 21 heavy (non-hydrogen) atoms. The average Bonchev–Trinajstić information content (AvgIpc) is 2.50. The zero-order valence-corrected chi connectivity index (χ0v) is 12.6. The smallest absolute Gasteiger partial charge is 0.255 e. The number of fused-ring (bicyclic) bond motifs is 1. The summed E-state index contributed by atoms with van der Waals surface area (Å²) >= 11 is 0. The largest absolute Gasteiger partial charge is 0.340 e. The van der Waals surface area contributed by atoms with Crippen LogP contribution in [0.25, 0.3) is 10.8 Å². The lowest BCUT2D eigenvalue weighted by Crippen LogP contribution is -2.33. The monoisotopic (exact) mass is 287 g/mol. The molecule has 6 nitrogen and oxygen atoms in total. The minimum absolute atomic E-state index is 0.0379. The molecule has 0 fully saturated rings. The van der Waals surface area contributed by atoms with Crippen LogP contribution in [0.4, 0.5) is 5.82 Å². The molecule has 0 aliphatic carbocycles. The molecule has 0 aliphatic rings. The Labute approximate surface area is 124 Å². The zero-order valence-electron chi connectivity index (χ0n) is 12.6. The molecule has 1 aromatic heterocycles. The van der Waals surface area contributed by atoms with Gasteiger partial charge in [0.15, 0.2) is 0 Å².